The Balaban J connectivity index is 2.27. The van der Waals surface area contributed by atoms with Crippen molar-refractivity contribution in [1.82, 2.24) is 0 Å². The highest BCUT2D eigenvalue weighted by Crippen LogP contribution is 2.21. The number of rotatable bonds is 2. The minimum absolute atomic E-state index is 0.194. The second kappa shape index (κ2) is 5.01. The molecule has 0 aliphatic heterocycles. The first-order chi connectivity index (χ1) is 8.20. The quantitative estimate of drug-likeness (QED) is 0.879. The molecule has 0 aromatic heterocycles. The first kappa shape index (κ1) is 11.7. The van der Waals surface area contributed by atoms with E-state index in [1.807, 2.05) is 36.4 Å². The third-order valence-electron chi connectivity index (χ3n) is 2.63. The van der Waals surface area contributed by atoms with E-state index in [9.17, 15) is 0 Å². The summed E-state index contributed by atoms with van der Waals surface area (Å²) in [6, 6.07) is 16.6. The molecule has 1 atom stereocenters. The average Bonchev–Trinajstić information content (AvgIpc) is 2.39. The van der Waals surface area contributed by atoms with Crippen molar-refractivity contribution in [3.8, 4) is 6.07 Å². The molecule has 0 aliphatic carbocycles. The van der Waals surface area contributed by atoms with Gasteiger partial charge in [-0.1, -0.05) is 35.9 Å². The lowest BCUT2D eigenvalue weighted by molar-refractivity contribution is 0.871. The molecular formula is C14H11ClN2. The highest BCUT2D eigenvalue weighted by Gasteiger charge is 2.08. The molecule has 0 saturated carbocycles. The molecule has 2 rings (SSSR count). The van der Waals surface area contributed by atoms with Crippen LogP contribution >= 0.6 is 11.6 Å². The van der Waals surface area contributed by atoms with E-state index in [2.05, 4.69) is 6.07 Å². The fourth-order valence-corrected chi connectivity index (χ4v) is 1.75. The summed E-state index contributed by atoms with van der Waals surface area (Å²) in [5.41, 5.74) is 8.75. The van der Waals surface area contributed by atoms with Crippen LogP contribution in [-0.2, 0) is 0 Å². The zero-order chi connectivity index (χ0) is 12.3. The van der Waals surface area contributed by atoms with Gasteiger partial charge in [0.2, 0.25) is 0 Å². The molecule has 2 aromatic rings. The van der Waals surface area contributed by atoms with Crippen LogP contribution in [0, 0.1) is 11.3 Å². The summed E-state index contributed by atoms with van der Waals surface area (Å²) < 4.78 is 0. The zero-order valence-electron chi connectivity index (χ0n) is 9.10. The molecule has 2 nitrogen and oxygen atoms in total. The Morgan fingerprint density at radius 1 is 0.941 bits per heavy atom. The lowest BCUT2D eigenvalue weighted by Crippen LogP contribution is -2.11. The monoisotopic (exact) mass is 242 g/mol. The number of halogens is 1. The lowest BCUT2D eigenvalue weighted by Gasteiger charge is -2.12. The fraction of sp³-hybridized carbons (Fsp3) is 0.0714. The van der Waals surface area contributed by atoms with Crippen molar-refractivity contribution in [3.05, 3.63) is 70.2 Å². The van der Waals surface area contributed by atoms with Crippen LogP contribution in [0.2, 0.25) is 5.02 Å². The molecular weight excluding hydrogens is 232 g/mol. The van der Waals surface area contributed by atoms with Crippen molar-refractivity contribution in [3.63, 3.8) is 0 Å². The van der Waals surface area contributed by atoms with E-state index in [4.69, 9.17) is 22.6 Å². The van der Waals surface area contributed by atoms with Gasteiger partial charge in [0.15, 0.2) is 0 Å². The molecule has 1 unspecified atom stereocenters. The SMILES string of the molecule is N#Cc1ccc(C(N)c2ccc(Cl)cc2)cc1. The molecule has 0 fully saturated rings. The number of nitrogens with zero attached hydrogens (tertiary/aromatic N) is 1. The second-order valence-corrected chi connectivity index (χ2v) is 4.20. The Morgan fingerprint density at radius 2 is 1.41 bits per heavy atom. The topological polar surface area (TPSA) is 49.8 Å². The number of hydrogen-bond donors (Lipinski definition) is 1. The molecule has 2 N–H and O–H groups in total. The Morgan fingerprint density at radius 3 is 1.88 bits per heavy atom. The van der Waals surface area contributed by atoms with Crippen molar-refractivity contribution >= 4 is 11.6 Å². The van der Waals surface area contributed by atoms with Gasteiger partial charge in [-0.25, -0.2) is 0 Å². The van der Waals surface area contributed by atoms with Crippen LogP contribution in [0.3, 0.4) is 0 Å². The molecule has 17 heavy (non-hydrogen) atoms. The lowest BCUT2D eigenvalue weighted by atomic mass is 9.99. The summed E-state index contributed by atoms with van der Waals surface area (Å²) in [5, 5.41) is 9.41. The highest BCUT2D eigenvalue weighted by molar-refractivity contribution is 6.30. The van der Waals surface area contributed by atoms with E-state index in [0.29, 0.717) is 10.6 Å². The van der Waals surface area contributed by atoms with Crippen LogP contribution in [0.5, 0.6) is 0 Å². The summed E-state index contributed by atoms with van der Waals surface area (Å²) in [6.45, 7) is 0. The molecule has 0 amide bonds. The third-order valence-corrected chi connectivity index (χ3v) is 2.88. The van der Waals surface area contributed by atoms with E-state index in [1.54, 1.807) is 12.1 Å². The van der Waals surface area contributed by atoms with Crippen molar-refractivity contribution in [1.29, 1.82) is 5.26 Å². The second-order valence-electron chi connectivity index (χ2n) is 3.76. The van der Waals surface area contributed by atoms with Crippen molar-refractivity contribution in [2.45, 2.75) is 6.04 Å². The van der Waals surface area contributed by atoms with E-state index >= 15 is 0 Å². The van der Waals surface area contributed by atoms with Crippen molar-refractivity contribution in [2.24, 2.45) is 5.73 Å². The number of nitrogens with two attached hydrogens (primary N) is 1. The van der Waals surface area contributed by atoms with Gasteiger partial charge < -0.3 is 5.73 Å². The van der Waals surface area contributed by atoms with Gasteiger partial charge in [-0.15, -0.1) is 0 Å². The largest absolute Gasteiger partial charge is 0.320 e. The summed E-state index contributed by atoms with van der Waals surface area (Å²) in [7, 11) is 0. The highest BCUT2D eigenvalue weighted by atomic mass is 35.5. The number of benzene rings is 2. The fourth-order valence-electron chi connectivity index (χ4n) is 1.63. The van der Waals surface area contributed by atoms with Crippen LogP contribution in [0.4, 0.5) is 0 Å². The maximum Gasteiger partial charge on any atom is 0.0991 e. The van der Waals surface area contributed by atoms with Gasteiger partial charge in [0.05, 0.1) is 17.7 Å². The number of nitriles is 1. The van der Waals surface area contributed by atoms with Crippen molar-refractivity contribution < 1.29 is 0 Å². The summed E-state index contributed by atoms with van der Waals surface area (Å²) in [5.74, 6) is 0. The molecule has 0 saturated heterocycles. The standard InChI is InChI=1S/C14H11ClN2/c15-13-7-5-12(6-8-13)14(17)11-3-1-10(9-16)2-4-11/h1-8,14H,17H2. The van der Waals surface area contributed by atoms with Crippen LogP contribution in [0.15, 0.2) is 48.5 Å². The predicted octanol–water partition coefficient (Wildman–Crippen LogP) is 3.26. The van der Waals surface area contributed by atoms with Gasteiger partial charge in [0.25, 0.3) is 0 Å². The smallest absolute Gasteiger partial charge is 0.0991 e. The summed E-state index contributed by atoms with van der Waals surface area (Å²) in [6.07, 6.45) is 0. The Labute approximate surface area is 105 Å². The normalized spacial score (nSPS) is 11.8. The van der Waals surface area contributed by atoms with E-state index in [1.165, 1.54) is 0 Å². The van der Waals surface area contributed by atoms with E-state index in [-0.39, 0.29) is 6.04 Å². The van der Waals surface area contributed by atoms with Gasteiger partial charge in [0, 0.05) is 5.02 Å². The van der Waals surface area contributed by atoms with Crippen LogP contribution < -0.4 is 5.73 Å². The van der Waals surface area contributed by atoms with E-state index < -0.39 is 0 Å². The Kier molecular flexibility index (Phi) is 3.43. The first-order valence-electron chi connectivity index (χ1n) is 5.22. The molecule has 0 spiro atoms. The van der Waals surface area contributed by atoms with Crippen LogP contribution in [-0.4, -0.2) is 0 Å². The van der Waals surface area contributed by atoms with Gasteiger partial charge in [-0.05, 0) is 35.4 Å². The van der Waals surface area contributed by atoms with Crippen LogP contribution in [0.25, 0.3) is 0 Å². The molecule has 3 heteroatoms. The first-order valence-corrected chi connectivity index (χ1v) is 5.59. The summed E-state index contributed by atoms with van der Waals surface area (Å²) in [4.78, 5) is 0. The average molecular weight is 243 g/mol. The van der Waals surface area contributed by atoms with Gasteiger partial charge in [-0.3, -0.25) is 0 Å². The molecule has 0 radical (unpaired) electrons. The van der Waals surface area contributed by atoms with E-state index in [0.717, 1.165) is 11.1 Å². The number of hydrogen-bond acceptors (Lipinski definition) is 2. The predicted molar refractivity (Wildman–Crippen MR) is 68.6 cm³/mol. The molecule has 0 heterocycles. The Hall–Kier alpha value is -1.82. The summed E-state index contributed by atoms with van der Waals surface area (Å²) >= 11 is 5.83. The van der Waals surface area contributed by atoms with Gasteiger partial charge >= 0.3 is 0 Å². The maximum atomic E-state index is 8.72. The third kappa shape index (κ3) is 2.65. The zero-order valence-corrected chi connectivity index (χ0v) is 9.85. The minimum atomic E-state index is -0.194. The Bertz CT molecular complexity index is 538. The van der Waals surface area contributed by atoms with Crippen LogP contribution in [0.1, 0.15) is 22.7 Å². The van der Waals surface area contributed by atoms with Crippen molar-refractivity contribution in [2.75, 3.05) is 0 Å². The maximum absolute atomic E-state index is 8.72. The molecule has 0 bridgehead atoms. The molecule has 2 aromatic carbocycles. The van der Waals surface area contributed by atoms with Gasteiger partial charge in [-0.2, -0.15) is 5.26 Å². The molecule has 0 aliphatic rings. The van der Waals surface area contributed by atoms with Gasteiger partial charge in [0.1, 0.15) is 0 Å². The molecule has 84 valence electrons. The minimum Gasteiger partial charge on any atom is -0.320 e.